The van der Waals surface area contributed by atoms with Crippen LogP contribution in [0.2, 0.25) is 0 Å². The average molecular weight is 216 g/mol. The number of hydrogen-bond donors (Lipinski definition) is 3. The molecule has 54 valence electrons. The Hall–Kier alpha value is 1.38. The van der Waals surface area contributed by atoms with Crippen LogP contribution in [0.25, 0.3) is 0 Å². The number of hydrogen-bond acceptors (Lipinski definition) is 1. The van der Waals surface area contributed by atoms with E-state index in [2.05, 4.69) is 0 Å². The van der Waals surface area contributed by atoms with Crippen molar-refractivity contribution in [3.05, 3.63) is 0 Å². The Morgan fingerprint density at radius 1 is 1.12 bits per heavy atom. The van der Waals surface area contributed by atoms with Crippen molar-refractivity contribution in [2.45, 2.75) is 0 Å². The van der Waals surface area contributed by atoms with Crippen LogP contribution in [0.3, 0.4) is 0 Å². The maximum atomic E-state index is 8.88. The van der Waals surface area contributed by atoms with Crippen molar-refractivity contribution >= 4 is 36.1 Å². The summed E-state index contributed by atoms with van der Waals surface area (Å²) in [6.45, 7) is 0. The summed E-state index contributed by atoms with van der Waals surface area (Å²) in [6, 6.07) is 0. The topological polar surface area (TPSA) is 77.8 Å². The zero-order valence-corrected chi connectivity index (χ0v) is 4.55. The fourth-order valence-electron chi connectivity index (χ4n) is 0. The van der Waals surface area contributed by atoms with Gasteiger partial charge in [-0.1, -0.05) is 0 Å². The summed E-state index contributed by atoms with van der Waals surface area (Å²) in [5.41, 5.74) is 0. The zero-order chi connectivity index (χ0) is 4.50. The first-order valence-electron chi connectivity index (χ1n) is 0.783. The quantitative estimate of drug-likeness (QED) is 0.289. The van der Waals surface area contributed by atoms with Gasteiger partial charge in [0.2, 0.25) is 0 Å². The van der Waals surface area contributed by atoms with Crippen LogP contribution < -0.4 is 0 Å². The molecule has 0 aromatic heterocycles. The van der Waals surface area contributed by atoms with Gasteiger partial charge in [-0.2, -0.15) is 0 Å². The van der Waals surface area contributed by atoms with Gasteiger partial charge in [0.1, 0.15) is 0 Å². The van der Waals surface area contributed by atoms with E-state index >= 15 is 0 Å². The van der Waals surface area contributed by atoms with Crippen molar-refractivity contribution in [1.29, 1.82) is 0 Å². The molecule has 3 N–H and O–H groups in total. The third-order valence-corrected chi connectivity index (χ3v) is 0. The first-order valence-corrected chi connectivity index (χ1v) is 2.35. The molecule has 0 bridgehead atoms. The van der Waals surface area contributed by atoms with Crippen LogP contribution in [0.4, 0.5) is 0 Å². The summed E-state index contributed by atoms with van der Waals surface area (Å²) >= 11 is 0. The van der Waals surface area contributed by atoms with E-state index < -0.39 is 7.82 Å². The van der Waals surface area contributed by atoms with Gasteiger partial charge in [0.15, 0.2) is 17.4 Å². The molecule has 0 aliphatic rings. The molecule has 0 spiro atoms. The Kier molecular flexibility index (Phi) is 23.8. The van der Waals surface area contributed by atoms with E-state index in [1.165, 1.54) is 0 Å². The normalized spacial score (nSPS) is 7.38. The minimum atomic E-state index is -4.64. The van der Waals surface area contributed by atoms with E-state index in [1.54, 1.807) is 0 Å². The third-order valence-electron chi connectivity index (χ3n) is 0. The van der Waals surface area contributed by atoms with Crippen LogP contribution in [0.15, 0.2) is 0 Å². The van der Waals surface area contributed by atoms with Crippen molar-refractivity contribution in [2.24, 2.45) is 0 Å². The SMILES string of the molecule is O=P(O)(O)O.[AlH3].[Fe].[SiH4]. The van der Waals surface area contributed by atoms with Gasteiger partial charge >= 0.3 is 7.82 Å². The Balaban J connectivity index is -0.0000000267. The van der Waals surface area contributed by atoms with E-state index in [-0.39, 0.29) is 45.4 Å². The molecule has 0 aromatic carbocycles. The van der Waals surface area contributed by atoms with E-state index in [0.29, 0.717) is 0 Å². The summed E-state index contributed by atoms with van der Waals surface area (Å²) in [7, 11) is -4.64. The Bertz CT molecular complexity index is 62.2. The van der Waals surface area contributed by atoms with Crippen molar-refractivity contribution in [1.82, 2.24) is 0 Å². The van der Waals surface area contributed by atoms with Crippen molar-refractivity contribution in [3.63, 3.8) is 0 Å². The maximum absolute atomic E-state index is 8.88. The second-order valence-corrected chi connectivity index (χ2v) is 1.54. The van der Waals surface area contributed by atoms with Gasteiger partial charge in [0.05, 0.1) is 0 Å². The zero-order valence-electron chi connectivity index (χ0n) is 2.55. The van der Waals surface area contributed by atoms with Gasteiger partial charge in [-0.3, -0.25) is 0 Å². The largest absolute Gasteiger partial charge is 0.466 e. The van der Waals surface area contributed by atoms with Gasteiger partial charge in [-0.05, 0) is 11.0 Å². The molecule has 0 rings (SSSR count). The fraction of sp³-hybridized carbons (Fsp3) is 0. The van der Waals surface area contributed by atoms with E-state index in [1.807, 2.05) is 0 Å². The predicted octanol–water partition coefficient (Wildman–Crippen LogP) is -3.57. The van der Waals surface area contributed by atoms with E-state index in [9.17, 15) is 0 Å². The summed E-state index contributed by atoms with van der Waals surface area (Å²) in [4.78, 5) is 21.6. The van der Waals surface area contributed by atoms with Crippen LogP contribution in [-0.2, 0) is 21.6 Å². The standard InChI is InChI=1S/Al.Fe.H3O4P.H4Si.3H/c;;1-5(2,3)4;;;;/h;;(H3,1,2,3,4);1H4;;;. The molecule has 0 aromatic rings. The molecule has 0 unspecified atom stereocenters. The monoisotopic (exact) mass is 216 g/mol. The molecule has 0 fully saturated rings. The van der Waals surface area contributed by atoms with Gasteiger partial charge in [0, 0.05) is 17.1 Å². The Morgan fingerprint density at radius 2 is 1.12 bits per heavy atom. The number of phosphoric acid groups is 1. The molecule has 4 nitrogen and oxygen atoms in total. The molecule has 0 saturated carbocycles. The van der Waals surface area contributed by atoms with Crippen molar-refractivity contribution < 1.29 is 36.3 Å². The van der Waals surface area contributed by atoms with Crippen LogP contribution in [0.1, 0.15) is 0 Å². The average Bonchev–Trinajstić information content (AvgIpc) is 0.722. The fourth-order valence-corrected chi connectivity index (χ4v) is 0. The predicted molar refractivity (Wildman–Crippen MR) is 35.5 cm³/mol. The summed E-state index contributed by atoms with van der Waals surface area (Å²) in [5, 5.41) is 0. The van der Waals surface area contributed by atoms with Gasteiger partial charge in [-0.25, -0.2) is 4.57 Å². The molecule has 0 amide bonds. The summed E-state index contributed by atoms with van der Waals surface area (Å²) in [6.07, 6.45) is 0. The smallest absolute Gasteiger partial charge is 0.303 e. The molecule has 0 aliphatic carbocycles. The molecule has 0 heterocycles. The van der Waals surface area contributed by atoms with Crippen molar-refractivity contribution in [3.8, 4) is 0 Å². The summed E-state index contributed by atoms with van der Waals surface area (Å²) in [5.74, 6) is 0. The first kappa shape index (κ1) is 22.8. The second kappa shape index (κ2) is 8.38. The van der Waals surface area contributed by atoms with Crippen LogP contribution in [0.5, 0.6) is 0 Å². The molecule has 8 heavy (non-hydrogen) atoms. The molecule has 0 aliphatic heterocycles. The second-order valence-electron chi connectivity index (χ2n) is 0.513. The molecule has 0 radical (unpaired) electrons. The van der Waals surface area contributed by atoms with E-state index in [4.69, 9.17) is 19.2 Å². The molecular weight excluding hydrogens is 206 g/mol. The molecule has 0 atom stereocenters. The Labute approximate surface area is 72.5 Å². The molecule has 8 heteroatoms. The minimum Gasteiger partial charge on any atom is -0.303 e. The van der Waals surface area contributed by atoms with Crippen LogP contribution in [0, 0.1) is 0 Å². The van der Waals surface area contributed by atoms with Gasteiger partial charge in [-0.15, -0.1) is 0 Å². The van der Waals surface area contributed by atoms with Gasteiger partial charge in [0.25, 0.3) is 0 Å². The van der Waals surface area contributed by atoms with Crippen LogP contribution >= 0.6 is 7.82 Å². The maximum Gasteiger partial charge on any atom is 0.466 e. The Morgan fingerprint density at radius 3 is 1.12 bits per heavy atom. The number of rotatable bonds is 0. The van der Waals surface area contributed by atoms with Gasteiger partial charge < -0.3 is 14.7 Å². The molecule has 0 saturated heterocycles. The summed E-state index contributed by atoms with van der Waals surface area (Å²) < 4.78 is 8.88. The van der Waals surface area contributed by atoms with Crippen LogP contribution in [-0.4, -0.2) is 43.0 Å². The van der Waals surface area contributed by atoms with Crippen molar-refractivity contribution in [2.75, 3.05) is 0 Å². The first-order chi connectivity index (χ1) is 2.00. The molecular formula is H10AlFeO4PSi. The third kappa shape index (κ3) is 158. The van der Waals surface area contributed by atoms with E-state index in [0.717, 1.165) is 0 Å². The minimum absolute atomic E-state index is 0.